The second-order valence-electron chi connectivity index (χ2n) is 8.02. The molecular weight excluding hydrogens is 442 g/mol. The van der Waals surface area contributed by atoms with E-state index in [-0.39, 0.29) is 24.2 Å². The molecule has 3 aromatic heterocycles. The molecule has 0 aromatic carbocycles. The Bertz CT molecular complexity index is 1290. The van der Waals surface area contributed by atoms with E-state index in [2.05, 4.69) is 27.2 Å². The molecule has 0 spiro atoms. The number of aromatic nitrogens is 5. The number of nitro groups is 1. The van der Waals surface area contributed by atoms with Crippen LogP contribution in [0.15, 0.2) is 28.0 Å². The molecule has 2 N–H and O–H groups in total. The summed E-state index contributed by atoms with van der Waals surface area (Å²) < 4.78 is 3.26. The van der Waals surface area contributed by atoms with Gasteiger partial charge in [-0.2, -0.15) is 0 Å². The number of nitrogens with one attached hydrogen (secondary N) is 2. The molecule has 0 aliphatic heterocycles. The van der Waals surface area contributed by atoms with E-state index in [1.807, 2.05) is 6.92 Å². The van der Waals surface area contributed by atoms with Crippen molar-refractivity contribution in [2.45, 2.75) is 71.9 Å². The van der Waals surface area contributed by atoms with Crippen molar-refractivity contribution in [1.29, 1.82) is 0 Å². The second kappa shape index (κ2) is 11.3. The summed E-state index contributed by atoms with van der Waals surface area (Å²) in [5, 5.41) is 13.7. The van der Waals surface area contributed by atoms with Gasteiger partial charge in [-0.15, -0.1) is 0 Å². The van der Waals surface area contributed by atoms with Crippen LogP contribution in [0.4, 0.5) is 11.4 Å². The van der Waals surface area contributed by atoms with Gasteiger partial charge in [0.05, 0.1) is 4.92 Å². The number of anilines is 1. The monoisotopic (exact) mass is 471 g/mol. The van der Waals surface area contributed by atoms with Crippen molar-refractivity contribution in [3.63, 3.8) is 0 Å². The SMILES string of the molecule is CCCCCn1c(CCC(=O)Nc2ccncc2[N+](=O)[O-])nc2c1c(=O)[nH]c(=O)n2CCCC. The first kappa shape index (κ1) is 24.8. The van der Waals surface area contributed by atoms with Gasteiger partial charge < -0.3 is 9.88 Å². The Morgan fingerprint density at radius 3 is 2.59 bits per heavy atom. The Hall–Kier alpha value is -3.83. The highest BCUT2D eigenvalue weighted by atomic mass is 16.6. The Balaban J connectivity index is 1.91. The number of hydrogen-bond acceptors (Lipinski definition) is 7. The van der Waals surface area contributed by atoms with Gasteiger partial charge in [0.2, 0.25) is 5.91 Å². The number of imidazole rings is 1. The lowest BCUT2D eigenvalue weighted by Gasteiger charge is -2.09. The van der Waals surface area contributed by atoms with Crippen LogP contribution in [0.25, 0.3) is 11.2 Å². The number of rotatable bonds is 12. The number of fused-ring (bicyclic) bond motifs is 1. The minimum absolute atomic E-state index is 0.00628. The van der Waals surface area contributed by atoms with Crippen molar-refractivity contribution in [1.82, 2.24) is 24.1 Å². The van der Waals surface area contributed by atoms with Crippen LogP contribution in [-0.4, -0.2) is 34.9 Å². The number of pyridine rings is 1. The summed E-state index contributed by atoms with van der Waals surface area (Å²) in [6, 6.07) is 1.36. The maximum atomic E-state index is 12.7. The second-order valence-corrected chi connectivity index (χ2v) is 8.02. The van der Waals surface area contributed by atoms with Crippen LogP contribution in [0.5, 0.6) is 0 Å². The zero-order chi connectivity index (χ0) is 24.7. The zero-order valence-electron chi connectivity index (χ0n) is 19.4. The highest BCUT2D eigenvalue weighted by Crippen LogP contribution is 2.22. The van der Waals surface area contributed by atoms with E-state index < -0.39 is 22.1 Å². The van der Waals surface area contributed by atoms with Crippen LogP contribution in [0, 0.1) is 10.1 Å². The molecule has 0 unspecified atom stereocenters. The standard InChI is InChI=1S/C22H29N7O5/c1-3-5-7-13-27-17(8-9-18(30)24-15-10-11-23-14-16(15)29(33)34)25-20-19(27)21(31)26-22(32)28(20)12-6-4-2/h10-11,14H,3-9,12-13H2,1-2H3,(H,23,24,30)(H,26,31,32). The molecule has 0 aliphatic rings. The molecule has 0 saturated heterocycles. The van der Waals surface area contributed by atoms with Crippen molar-refractivity contribution < 1.29 is 9.72 Å². The summed E-state index contributed by atoms with van der Waals surface area (Å²) in [5.74, 6) is 0.0885. The van der Waals surface area contributed by atoms with E-state index in [0.29, 0.717) is 30.1 Å². The van der Waals surface area contributed by atoms with Gasteiger partial charge in [-0.25, -0.2) is 9.78 Å². The lowest BCUT2D eigenvalue weighted by atomic mass is 10.2. The topological polar surface area (TPSA) is 158 Å². The van der Waals surface area contributed by atoms with Crippen molar-refractivity contribution in [3.8, 4) is 0 Å². The highest BCUT2D eigenvalue weighted by molar-refractivity contribution is 5.93. The summed E-state index contributed by atoms with van der Waals surface area (Å²) in [5.41, 5.74) is -0.593. The van der Waals surface area contributed by atoms with Gasteiger partial charge in [-0.05, 0) is 18.9 Å². The number of aromatic amines is 1. The molecule has 3 rings (SSSR count). The number of carbonyl (C=O) groups is 1. The third-order valence-electron chi connectivity index (χ3n) is 5.53. The number of hydrogen-bond donors (Lipinski definition) is 2. The fourth-order valence-corrected chi connectivity index (χ4v) is 3.77. The fraction of sp³-hybridized carbons (Fsp3) is 0.500. The first-order chi connectivity index (χ1) is 16.4. The number of H-pyrrole nitrogens is 1. The van der Waals surface area contributed by atoms with Gasteiger partial charge in [0, 0.05) is 32.1 Å². The molecule has 0 radical (unpaired) electrons. The Morgan fingerprint density at radius 1 is 1.15 bits per heavy atom. The number of nitrogens with zero attached hydrogens (tertiary/aromatic N) is 5. The van der Waals surface area contributed by atoms with Gasteiger partial charge in [-0.3, -0.25) is 34.2 Å². The molecule has 0 atom stereocenters. The molecule has 34 heavy (non-hydrogen) atoms. The zero-order valence-corrected chi connectivity index (χ0v) is 19.4. The molecule has 1 amide bonds. The van der Waals surface area contributed by atoms with Crippen molar-refractivity contribution >= 4 is 28.4 Å². The molecule has 0 bridgehead atoms. The van der Waals surface area contributed by atoms with E-state index >= 15 is 0 Å². The lowest BCUT2D eigenvalue weighted by molar-refractivity contribution is -0.384. The van der Waals surface area contributed by atoms with Crippen LogP contribution in [0.3, 0.4) is 0 Å². The smallest absolute Gasteiger partial charge is 0.322 e. The summed E-state index contributed by atoms with van der Waals surface area (Å²) in [6.07, 6.45) is 7.02. The average Bonchev–Trinajstić information content (AvgIpc) is 3.16. The van der Waals surface area contributed by atoms with Gasteiger partial charge in [-0.1, -0.05) is 33.1 Å². The third kappa shape index (κ3) is 5.56. The van der Waals surface area contributed by atoms with Crippen LogP contribution in [-0.2, 0) is 24.3 Å². The van der Waals surface area contributed by atoms with Crippen LogP contribution < -0.4 is 16.6 Å². The number of amides is 1. The summed E-state index contributed by atoms with van der Waals surface area (Å²) in [6.45, 7) is 5.05. The Labute approximate surface area is 195 Å². The molecule has 0 saturated carbocycles. The molecular formula is C22H29N7O5. The minimum Gasteiger partial charge on any atom is -0.322 e. The first-order valence-corrected chi connectivity index (χ1v) is 11.5. The van der Waals surface area contributed by atoms with Gasteiger partial charge >= 0.3 is 11.4 Å². The molecule has 0 aliphatic carbocycles. The van der Waals surface area contributed by atoms with Crippen LogP contribution in [0.1, 0.15) is 58.2 Å². The largest absolute Gasteiger partial charge is 0.330 e. The predicted molar refractivity (Wildman–Crippen MR) is 127 cm³/mol. The van der Waals surface area contributed by atoms with E-state index in [0.717, 1.165) is 38.3 Å². The van der Waals surface area contributed by atoms with Gasteiger partial charge in [0.1, 0.15) is 17.7 Å². The summed E-state index contributed by atoms with van der Waals surface area (Å²) >= 11 is 0. The number of carbonyl (C=O) groups excluding carboxylic acids is 1. The van der Waals surface area contributed by atoms with E-state index in [1.54, 1.807) is 4.57 Å². The Kier molecular flexibility index (Phi) is 8.28. The van der Waals surface area contributed by atoms with Crippen molar-refractivity contribution in [2.24, 2.45) is 0 Å². The van der Waals surface area contributed by atoms with Crippen molar-refractivity contribution in [2.75, 3.05) is 5.32 Å². The van der Waals surface area contributed by atoms with E-state index in [4.69, 9.17) is 0 Å². The first-order valence-electron chi connectivity index (χ1n) is 11.5. The van der Waals surface area contributed by atoms with Crippen LogP contribution in [0.2, 0.25) is 0 Å². The van der Waals surface area contributed by atoms with E-state index in [9.17, 15) is 24.5 Å². The van der Waals surface area contributed by atoms with Gasteiger partial charge in [0.25, 0.3) is 5.56 Å². The van der Waals surface area contributed by atoms with Crippen molar-refractivity contribution in [3.05, 3.63) is 55.2 Å². The normalized spacial score (nSPS) is 11.1. The van der Waals surface area contributed by atoms with E-state index in [1.165, 1.54) is 16.8 Å². The molecule has 12 nitrogen and oxygen atoms in total. The maximum Gasteiger partial charge on any atom is 0.330 e. The minimum atomic E-state index is -0.613. The average molecular weight is 472 g/mol. The molecule has 3 heterocycles. The fourth-order valence-electron chi connectivity index (χ4n) is 3.77. The third-order valence-corrected chi connectivity index (χ3v) is 5.53. The predicted octanol–water partition coefficient (Wildman–Crippen LogP) is 2.75. The number of unbranched alkanes of at least 4 members (excludes halogenated alkanes) is 3. The lowest BCUT2D eigenvalue weighted by Crippen LogP contribution is -2.31. The van der Waals surface area contributed by atoms with Gasteiger partial charge in [0.15, 0.2) is 11.2 Å². The highest BCUT2D eigenvalue weighted by Gasteiger charge is 2.20. The maximum absolute atomic E-state index is 12.7. The van der Waals surface area contributed by atoms with Crippen LogP contribution >= 0.6 is 0 Å². The molecule has 0 fully saturated rings. The molecule has 12 heteroatoms. The molecule has 3 aromatic rings. The number of aryl methyl sites for hydroxylation is 3. The summed E-state index contributed by atoms with van der Waals surface area (Å²) in [7, 11) is 0. The quantitative estimate of drug-likeness (QED) is 0.233. The Morgan fingerprint density at radius 2 is 1.88 bits per heavy atom. The molecule has 182 valence electrons. The summed E-state index contributed by atoms with van der Waals surface area (Å²) in [4.78, 5) is 58.9.